The summed E-state index contributed by atoms with van der Waals surface area (Å²) in [5.74, 6) is 0.299. The molecule has 0 aliphatic carbocycles. The number of hydrogen-bond acceptors (Lipinski definition) is 2. The molecule has 2 rings (SSSR count). The molecule has 0 saturated heterocycles. The molecule has 0 atom stereocenters. The SMILES string of the molecule is CC(=O)Oc1c([CH]=[Mn])cc(C)cc1C(C)(C)c1ccccc1. The van der Waals surface area contributed by atoms with Crippen molar-refractivity contribution in [3.8, 4) is 5.75 Å². The van der Waals surface area contributed by atoms with Crippen LogP contribution in [-0.4, -0.2) is 10.9 Å². The topological polar surface area (TPSA) is 26.3 Å². The standard InChI is InChI=1S/C19H20O2.Mn/c1-13-11-14(2)18(21-15(3)20)17(12-13)19(4,5)16-9-7-6-8-10-16;/h2,6-12H,1,3-5H3;. The fourth-order valence-electron chi connectivity index (χ4n) is 2.61. The normalized spacial score (nSPS) is 11.1. The second kappa shape index (κ2) is 6.60. The summed E-state index contributed by atoms with van der Waals surface area (Å²) in [4.78, 5) is 13.3. The Hall–Kier alpha value is -1.70. The molecular formula is C19H20MnO2. The first-order chi connectivity index (χ1) is 10.4. The molecule has 2 aromatic rings. The zero-order chi connectivity index (χ0) is 16.3. The van der Waals surface area contributed by atoms with Crippen molar-refractivity contribution in [1.82, 2.24) is 0 Å². The van der Waals surface area contributed by atoms with E-state index < -0.39 is 0 Å². The summed E-state index contributed by atoms with van der Waals surface area (Å²) >= 11 is 3.37. The van der Waals surface area contributed by atoms with Crippen LogP contribution in [0.5, 0.6) is 5.75 Å². The molecule has 0 saturated carbocycles. The van der Waals surface area contributed by atoms with E-state index in [1.165, 1.54) is 12.5 Å². The van der Waals surface area contributed by atoms with Crippen molar-refractivity contribution < 1.29 is 25.1 Å². The molecule has 22 heavy (non-hydrogen) atoms. The van der Waals surface area contributed by atoms with E-state index in [0.717, 1.165) is 16.7 Å². The van der Waals surface area contributed by atoms with Gasteiger partial charge in [-0.2, -0.15) is 0 Å². The number of esters is 1. The molecule has 0 heterocycles. The minimum atomic E-state index is -0.315. The van der Waals surface area contributed by atoms with Gasteiger partial charge in [0.05, 0.1) is 0 Å². The third-order valence-corrected chi connectivity index (χ3v) is 4.16. The van der Waals surface area contributed by atoms with Gasteiger partial charge in [0, 0.05) is 0 Å². The van der Waals surface area contributed by atoms with Gasteiger partial charge in [-0.05, 0) is 0 Å². The number of rotatable bonds is 4. The molecule has 0 aliphatic rings. The van der Waals surface area contributed by atoms with Gasteiger partial charge in [-0.3, -0.25) is 0 Å². The van der Waals surface area contributed by atoms with Gasteiger partial charge in [0.25, 0.3) is 0 Å². The Morgan fingerprint density at radius 3 is 2.36 bits per heavy atom. The number of carbonyl (C=O) groups excluding carboxylic acids is 1. The summed E-state index contributed by atoms with van der Waals surface area (Å²) in [6.07, 6.45) is 0. The number of aryl methyl sites for hydroxylation is 1. The molecule has 2 nitrogen and oxygen atoms in total. The van der Waals surface area contributed by atoms with Gasteiger partial charge in [-0.1, -0.05) is 0 Å². The van der Waals surface area contributed by atoms with Gasteiger partial charge in [-0.25, -0.2) is 0 Å². The van der Waals surface area contributed by atoms with Crippen molar-refractivity contribution >= 4 is 10.9 Å². The number of carbonyl (C=O) groups is 1. The van der Waals surface area contributed by atoms with Crippen molar-refractivity contribution in [3.05, 3.63) is 64.7 Å². The molecule has 0 bridgehead atoms. The second-order valence-electron chi connectivity index (χ2n) is 5.92. The number of hydrogen-bond donors (Lipinski definition) is 0. The predicted octanol–water partition coefficient (Wildman–Crippen LogP) is 3.94. The minimum absolute atomic E-state index is 0.275. The Kier molecular flexibility index (Phi) is 5.00. The average Bonchev–Trinajstić information content (AvgIpc) is 2.49. The zero-order valence-electron chi connectivity index (χ0n) is 13.3. The van der Waals surface area contributed by atoms with Crippen molar-refractivity contribution in [1.29, 1.82) is 0 Å². The molecule has 0 aliphatic heterocycles. The first-order valence-corrected chi connectivity index (χ1v) is 7.87. The van der Waals surface area contributed by atoms with E-state index in [0.29, 0.717) is 5.75 Å². The fourth-order valence-corrected chi connectivity index (χ4v) is 2.87. The van der Waals surface area contributed by atoms with E-state index >= 15 is 0 Å². The van der Waals surface area contributed by atoms with Gasteiger partial charge in [0.1, 0.15) is 0 Å². The summed E-state index contributed by atoms with van der Waals surface area (Å²) in [5, 5.41) is 0. The van der Waals surface area contributed by atoms with Crippen LogP contribution in [0.3, 0.4) is 0 Å². The van der Waals surface area contributed by atoms with Crippen LogP contribution in [0.4, 0.5) is 0 Å². The van der Waals surface area contributed by atoms with Crippen molar-refractivity contribution in [3.63, 3.8) is 0 Å². The van der Waals surface area contributed by atoms with E-state index in [-0.39, 0.29) is 11.4 Å². The van der Waals surface area contributed by atoms with Crippen LogP contribution in [-0.2, 0) is 25.8 Å². The Morgan fingerprint density at radius 2 is 1.82 bits per heavy atom. The van der Waals surface area contributed by atoms with E-state index in [2.05, 4.69) is 47.6 Å². The predicted molar refractivity (Wildman–Crippen MR) is 86.2 cm³/mol. The molecule has 115 valence electrons. The molecule has 0 fully saturated rings. The molecule has 0 radical (unpaired) electrons. The molecular weight excluding hydrogens is 315 g/mol. The van der Waals surface area contributed by atoms with Crippen LogP contribution in [0, 0.1) is 6.92 Å². The molecule has 2 aromatic carbocycles. The monoisotopic (exact) mass is 335 g/mol. The third-order valence-electron chi connectivity index (χ3n) is 3.79. The van der Waals surface area contributed by atoms with Crippen molar-refractivity contribution in [2.24, 2.45) is 0 Å². The molecule has 0 N–H and O–H groups in total. The summed E-state index contributed by atoms with van der Waals surface area (Å²) in [6, 6.07) is 14.3. The third kappa shape index (κ3) is 3.37. The van der Waals surface area contributed by atoms with Crippen molar-refractivity contribution in [2.45, 2.75) is 33.1 Å². The van der Waals surface area contributed by atoms with E-state index in [1.807, 2.05) is 31.2 Å². The Balaban J connectivity index is 2.70. The molecule has 3 heteroatoms. The van der Waals surface area contributed by atoms with Crippen LogP contribution in [0.15, 0.2) is 42.5 Å². The zero-order valence-corrected chi connectivity index (χ0v) is 14.5. The van der Waals surface area contributed by atoms with Crippen LogP contribution in [0.25, 0.3) is 0 Å². The summed E-state index contributed by atoms with van der Waals surface area (Å²) in [5.41, 5.74) is 3.90. The first kappa shape index (κ1) is 16.7. The first-order valence-electron chi connectivity index (χ1n) is 7.18. The second-order valence-corrected chi connectivity index (χ2v) is 6.27. The van der Waals surface area contributed by atoms with Crippen LogP contribution >= 0.6 is 0 Å². The summed E-state index contributed by atoms with van der Waals surface area (Å²) in [7, 11) is 0. The molecule has 0 amide bonds. The van der Waals surface area contributed by atoms with Crippen LogP contribution in [0.2, 0.25) is 0 Å². The summed E-state index contributed by atoms with van der Waals surface area (Å²) in [6.45, 7) is 7.75. The van der Waals surface area contributed by atoms with Crippen molar-refractivity contribution in [2.75, 3.05) is 0 Å². The average molecular weight is 335 g/mol. The maximum atomic E-state index is 11.5. The van der Waals surface area contributed by atoms with E-state index in [1.54, 1.807) is 4.92 Å². The van der Waals surface area contributed by atoms with Gasteiger partial charge in [0.15, 0.2) is 0 Å². The van der Waals surface area contributed by atoms with E-state index in [9.17, 15) is 4.79 Å². The molecule has 0 spiro atoms. The fraction of sp³-hybridized carbons (Fsp3) is 0.263. The molecule has 0 aromatic heterocycles. The Bertz CT molecular complexity index is 703. The number of benzene rings is 2. The Labute approximate surface area is 139 Å². The molecule has 0 unspecified atom stereocenters. The van der Waals surface area contributed by atoms with Gasteiger partial charge < -0.3 is 0 Å². The Morgan fingerprint density at radius 1 is 1.18 bits per heavy atom. The van der Waals surface area contributed by atoms with Gasteiger partial charge in [-0.15, -0.1) is 0 Å². The van der Waals surface area contributed by atoms with Gasteiger partial charge >= 0.3 is 140 Å². The summed E-state index contributed by atoms with van der Waals surface area (Å²) < 4.78 is 5.53. The van der Waals surface area contributed by atoms with E-state index in [4.69, 9.17) is 4.74 Å². The van der Waals surface area contributed by atoms with Gasteiger partial charge in [0.2, 0.25) is 0 Å². The van der Waals surface area contributed by atoms with Crippen LogP contribution in [0.1, 0.15) is 43.0 Å². The quantitative estimate of drug-likeness (QED) is 0.481. The van der Waals surface area contributed by atoms with Crippen LogP contribution < -0.4 is 4.74 Å². The maximum absolute atomic E-state index is 11.5. The number of ether oxygens (including phenoxy) is 1.